The molecule has 0 saturated heterocycles. The van der Waals surface area contributed by atoms with Gasteiger partial charge in [0.05, 0.1) is 31.2 Å². The number of methoxy groups -OCH3 is 1. The Morgan fingerprint density at radius 1 is 1.10 bits per heavy atom. The number of aromatic nitrogens is 3. The first kappa shape index (κ1) is 27.2. The van der Waals surface area contributed by atoms with Gasteiger partial charge in [0.2, 0.25) is 0 Å². The molecule has 2 aromatic heterocycles. The highest BCUT2D eigenvalue weighted by Gasteiger charge is 2.41. The van der Waals surface area contributed by atoms with Gasteiger partial charge in [0.1, 0.15) is 24.7 Å². The summed E-state index contributed by atoms with van der Waals surface area (Å²) in [5, 5.41) is 15.2. The molecule has 0 aliphatic carbocycles. The molecule has 1 amide bonds. The number of pyridine rings is 1. The van der Waals surface area contributed by atoms with Gasteiger partial charge in [0.15, 0.2) is 5.69 Å². The molecule has 14 heteroatoms. The molecule has 0 atom stereocenters. The molecule has 0 aliphatic rings. The number of rotatable bonds is 10. The van der Waals surface area contributed by atoms with Crippen molar-refractivity contribution in [2.75, 3.05) is 32.2 Å². The molecule has 3 N–H and O–H groups in total. The molecule has 0 aliphatic heterocycles. The highest BCUT2D eigenvalue weighted by Crippen LogP contribution is 2.35. The Kier molecular flexibility index (Phi) is 7.85. The minimum Gasteiger partial charge on any atom is -0.497 e. The molecule has 2 heterocycles. The number of carbonyl (C=O) groups excluding carboxylic acids is 1. The zero-order valence-electron chi connectivity index (χ0n) is 20.2. The lowest BCUT2D eigenvalue weighted by Crippen LogP contribution is -2.21. The number of benzene rings is 2. The third kappa shape index (κ3) is 6.18. The minimum absolute atomic E-state index is 0.0350. The molecule has 204 valence electrons. The molecular weight excluding hydrogens is 525 g/mol. The van der Waals surface area contributed by atoms with Crippen molar-refractivity contribution in [2.45, 2.75) is 6.18 Å². The van der Waals surface area contributed by atoms with Crippen molar-refractivity contribution >= 4 is 28.3 Å². The number of aromatic amines is 1. The van der Waals surface area contributed by atoms with Crippen LogP contribution in [0.5, 0.6) is 11.5 Å². The Hall–Kier alpha value is -4.85. The number of hydrogen-bond acceptors (Lipinski definition) is 7. The van der Waals surface area contributed by atoms with Crippen LogP contribution in [-0.4, -0.2) is 58.7 Å². The maximum absolute atomic E-state index is 14.2. The van der Waals surface area contributed by atoms with Gasteiger partial charge in [-0.3, -0.25) is 9.59 Å². The first-order valence-corrected chi connectivity index (χ1v) is 11.3. The van der Waals surface area contributed by atoms with E-state index in [-0.39, 0.29) is 46.9 Å². The number of nitrogens with one attached hydrogen (secondary N) is 2. The number of anilines is 1. The van der Waals surface area contributed by atoms with Crippen LogP contribution in [-0.2, 0) is 15.7 Å². The number of amides is 1. The summed E-state index contributed by atoms with van der Waals surface area (Å²) in [5.41, 5.74) is -2.54. The Morgan fingerprint density at radius 2 is 1.87 bits per heavy atom. The van der Waals surface area contributed by atoms with Gasteiger partial charge in [-0.05, 0) is 18.2 Å². The number of carbonyl (C=O) groups is 2. The largest absolute Gasteiger partial charge is 0.497 e. The first-order chi connectivity index (χ1) is 18.6. The lowest BCUT2D eigenvalue weighted by Gasteiger charge is -2.15. The van der Waals surface area contributed by atoms with Crippen LogP contribution in [0.15, 0.2) is 59.7 Å². The van der Waals surface area contributed by atoms with E-state index >= 15 is 0 Å². The quantitative estimate of drug-likeness (QED) is 0.257. The lowest BCUT2D eigenvalue weighted by molar-refractivity contribution is -0.143. The molecule has 0 bridgehead atoms. The Morgan fingerprint density at radius 3 is 2.59 bits per heavy atom. The smallest absolute Gasteiger partial charge is 0.434 e. The van der Waals surface area contributed by atoms with Crippen molar-refractivity contribution in [2.24, 2.45) is 0 Å². The van der Waals surface area contributed by atoms with Gasteiger partial charge in [-0.2, -0.15) is 18.3 Å². The summed E-state index contributed by atoms with van der Waals surface area (Å²) in [6, 6.07) is 9.87. The summed E-state index contributed by atoms with van der Waals surface area (Å²) in [6.07, 6.45) is -2.88. The Labute approximate surface area is 217 Å². The predicted octanol–water partition coefficient (Wildman–Crippen LogP) is 3.47. The summed E-state index contributed by atoms with van der Waals surface area (Å²) < 4.78 is 58.8. The van der Waals surface area contributed by atoms with Gasteiger partial charge < -0.3 is 29.6 Å². The van der Waals surface area contributed by atoms with Gasteiger partial charge >= 0.3 is 12.1 Å². The van der Waals surface area contributed by atoms with Crippen molar-refractivity contribution in [1.82, 2.24) is 14.8 Å². The van der Waals surface area contributed by atoms with E-state index in [0.29, 0.717) is 4.68 Å². The van der Waals surface area contributed by atoms with Gasteiger partial charge in [-0.1, -0.05) is 6.07 Å². The summed E-state index contributed by atoms with van der Waals surface area (Å²) in [4.78, 5) is 38.2. The van der Waals surface area contributed by atoms with Crippen LogP contribution >= 0.6 is 0 Å². The fourth-order valence-electron chi connectivity index (χ4n) is 3.78. The van der Waals surface area contributed by atoms with Crippen LogP contribution in [0.2, 0.25) is 0 Å². The molecule has 0 unspecified atom stereocenters. The second-order valence-corrected chi connectivity index (χ2v) is 8.01. The van der Waals surface area contributed by atoms with Crippen LogP contribution in [0.4, 0.5) is 18.9 Å². The number of ether oxygens (including phenoxy) is 3. The molecule has 11 nitrogen and oxygen atoms in total. The van der Waals surface area contributed by atoms with Crippen molar-refractivity contribution < 1.29 is 42.1 Å². The highest BCUT2D eigenvalue weighted by atomic mass is 19.4. The molecule has 2 aromatic carbocycles. The van der Waals surface area contributed by atoms with Crippen molar-refractivity contribution in [3.05, 3.63) is 76.5 Å². The first-order valence-electron chi connectivity index (χ1n) is 11.3. The standard InChI is InChI=1S/C25H21F3N4O7/c1-37-15-9-14(10-16(11-15)39-8-7-38-13-21(33)34)31-24(36)19-12-30-32(22(19)25(26,27)28)20-4-2-3-18-17(20)5-6-29-23(18)35/h2-6,9-12H,7-8,13H2,1H3,(H,29,35)(H,31,36)(H,33,34). The van der Waals surface area contributed by atoms with Crippen molar-refractivity contribution in [1.29, 1.82) is 0 Å². The number of H-pyrrole nitrogens is 1. The molecule has 0 spiro atoms. The van der Waals surface area contributed by atoms with Crippen molar-refractivity contribution in [3.63, 3.8) is 0 Å². The van der Waals surface area contributed by atoms with Crippen LogP contribution in [0, 0.1) is 0 Å². The number of alkyl halides is 3. The van der Waals surface area contributed by atoms with Crippen molar-refractivity contribution in [3.8, 4) is 17.2 Å². The molecular formula is C25H21F3N4O7. The third-order valence-electron chi connectivity index (χ3n) is 5.40. The Bertz CT molecular complexity index is 1580. The minimum atomic E-state index is -4.98. The molecule has 0 radical (unpaired) electrons. The summed E-state index contributed by atoms with van der Waals surface area (Å²) in [5.74, 6) is -1.81. The zero-order chi connectivity index (χ0) is 28.2. The summed E-state index contributed by atoms with van der Waals surface area (Å²) in [6.45, 7) is -0.584. The lowest BCUT2D eigenvalue weighted by atomic mass is 10.1. The average molecular weight is 546 g/mol. The SMILES string of the molecule is COc1cc(NC(=O)c2cnn(-c3cccc4c(=O)[nH]ccc34)c2C(F)(F)F)cc(OCCOCC(=O)O)c1. The van der Waals surface area contributed by atoms with Gasteiger partial charge in [0, 0.05) is 40.9 Å². The number of halogens is 3. The van der Waals surface area contributed by atoms with E-state index in [1.807, 2.05) is 0 Å². The second kappa shape index (κ2) is 11.3. The average Bonchev–Trinajstić information content (AvgIpc) is 3.34. The number of fused-ring (bicyclic) bond motifs is 1. The highest BCUT2D eigenvalue weighted by molar-refractivity contribution is 6.05. The number of hydrogen-bond donors (Lipinski definition) is 3. The van der Waals surface area contributed by atoms with E-state index in [4.69, 9.17) is 19.3 Å². The number of carboxylic acids is 1. The zero-order valence-corrected chi connectivity index (χ0v) is 20.2. The van der Waals surface area contributed by atoms with Gasteiger partial charge in [-0.25, -0.2) is 9.48 Å². The summed E-state index contributed by atoms with van der Waals surface area (Å²) >= 11 is 0. The maximum atomic E-state index is 14.2. The molecule has 4 aromatic rings. The molecule has 4 rings (SSSR count). The predicted molar refractivity (Wildman–Crippen MR) is 132 cm³/mol. The monoisotopic (exact) mass is 546 g/mol. The summed E-state index contributed by atoms with van der Waals surface area (Å²) in [7, 11) is 1.35. The van der Waals surface area contributed by atoms with Gasteiger partial charge in [0.25, 0.3) is 11.5 Å². The van der Waals surface area contributed by atoms with E-state index in [1.165, 1.54) is 55.8 Å². The van der Waals surface area contributed by atoms with E-state index < -0.39 is 41.5 Å². The topological polar surface area (TPSA) is 145 Å². The van der Waals surface area contributed by atoms with Gasteiger partial charge in [-0.15, -0.1) is 0 Å². The van der Waals surface area contributed by atoms with Crippen LogP contribution < -0.4 is 20.3 Å². The third-order valence-corrected chi connectivity index (χ3v) is 5.40. The second-order valence-electron chi connectivity index (χ2n) is 8.01. The van der Waals surface area contributed by atoms with E-state index in [0.717, 1.165) is 6.20 Å². The maximum Gasteiger partial charge on any atom is 0.434 e. The normalized spacial score (nSPS) is 11.4. The number of aliphatic carboxylic acids is 1. The fourth-order valence-corrected chi connectivity index (χ4v) is 3.78. The van der Waals surface area contributed by atoms with Crippen LogP contribution in [0.1, 0.15) is 16.1 Å². The molecule has 0 fully saturated rings. The van der Waals surface area contributed by atoms with E-state index in [9.17, 15) is 27.6 Å². The number of nitrogens with zero attached hydrogens (tertiary/aromatic N) is 2. The Balaban J connectivity index is 1.64. The van der Waals surface area contributed by atoms with E-state index in [2.05, 4.69) is 15.4 Å². The van der Waals surface area contributed by atoms with Crippen LogP contribution in [0.3, 0.4) is 0 Å². The number of carboxylic acid groups (broad SMARTS) is 1. The fraction of sp³-hybridized carbons (Fsp3) is 0.200. The van der Waals surface area contributed by atoms with Crippen LogP contribution in [0.25, 0.3) is 16.5 Å². The van der Waals surface area contributed by atoms with E-state index in [1.54, 1.807) is 0 Å². The molecule has 0 saturated carbocycles. The molecule has 39 heavy (non-hydrogen) atoms.